The van der Waals surface area contributed by atoms with Crippen molar-refractivity contribution in [1.82, 2.24) is 0 Å². The van der Waals surface area contributed by atoms with E-state index >= 15 is 0 Å². The molecular formula is C34H37F6NO5. The molecule has 250 valence electrons. The molecule has 4 atom stereocenters. The molecule has 2 aromatic carbocycles. The van der Waals surface area contributed by atoms with Gasteiger partial charge in [-0.15, -0.1) is 0 Å². The Morgan fingerprint density at radius 2 is 1.54 bits per heavy atom. The van der Waals surface area contributed by atoms with Crippen LogP contribution >= 0.6 is 0 Å². The number of aliphatic hydroxyl groups is 2. The minimum atomic E-state index is -5.18. The number of aliphatic hydroxyl groups excluding tert-OH is 2. The van der Waals surface area contributed by atoms with E-state index in [1.807, 2.05) is 26.8 Å². The second-order valence-corrected chi connectivity index (χ2v) is 12.2. The minimum absolute atomic E-state index is 0.0391. The fraction of sp³-hybridized carbons (Fsp3) is 0.471. The molecule has 0 bridgehead atoms. The number of alkyl halides is 6. The summed E-state index contributed by atoms with van der Waals surface area (Å²) in [5.74, 6) is -5.58. The van der Waals surface area contributed by atoms with E-state index in [-0.39, 0.29) is 30.6 Å². The lowest BCUT2D eigenvalue weighted by molar-refractivity contribution is -0.143. The van der Waals surface area contributed by atoms with Gasteiger partial charge in [-0.1, -0.05) is 56.5 Å². The molecule has 46 heavy (non-hydrogen) atoms. The zero-order valence-electron chi connectivity index (χ0n) is 25.6. The Bertz CT molecular complexity index is 1480. The van der Waals surface area contributed by atoms with Crippen molar-refractivity contribution < 1.29 is 51.3 Å². The van der Waals surface area contributed by atoms with Crippen molar-refractivity contribution >= 4 is 23.6 Å². The van der Waals surface area contributed by atoms with Gasteiger partial charge in [0.25, 0.3) is 0 Å². The molecule has 1 aliphatic heterocycles. The number of benzene rings is 2. The number of aromatic hydroxyl groups is 1. The van der Waals surface area contributed by atoms with E-state index in [1.165, 1.54) is 0 Å². The van der Waals surface area contributed by atoms with Crippen LogP contribution in [0.25, 0.3) is 6.08 Å². The van der Waals surface area contributed by atoms with E-state index in [0.29, 0.717) is 34.6 Å². The highest BCUT2D eigenvalue weighted by molar-refractivity contribution is 6.22. The summed E-state index contributed by atoms with van der Waals surface area (Å²) < 4.78 is 81.5. The Morgan fingerprint density at radius 3 is 2.04 bits per heavy atom. The van der Waals surface area contributed by atoms with Crippen LogP contribution < -0.4 is 4.90 Å². The van der Waals surface area contributed by atoms with Crippen LogP contribution in [0.15, 0.2) is 59.2 Å². The van der Waals surface area contributed by atoms with Crippen LogP contribution in [0.3, 0.4) is 0 Å². The van der Waals surface area contributed by atoms with Crippen LogP contribution in [0.5, 0.6) is 5.75 Å². The molecule has 3 N–H and O–H groups in total. The predicted octanol–water partition coefficient (Wildman–Crippen LogP) is 7.53. The number of hydrogen-bond donors (Lipinski definition) is 3. The Labute approximate surface area is 263 Å². The van der Waals surface area contributed by atoms with Crippen molar-refractivity contribution in [2.75, 3.05) is 11.5 Å². The van der Waals surface area contributed by atoms with E-state index < -0.39 is 71.4 Å². The summed E-state index contributed by atoms with van der Waals surface area (Å²) in [7, 11) is 0. The molecule has 4 rings (SSSR count). The molecule has 12 heteroatoms. The van der Waals surface area contributed by atoms with E-state index in [2.05, 4.69) is 0 Å². The van der Waals surface area contributed by atoms with Crippen LogP contribution in [0.2, 0.25) is 0 Å². The number of fused-ring (bicyclic) bond motifs is 1. The van der Waals surface area contributed by atoms with Gasteiger partial charge in [0, 0.05) is 5.92 Å². The highest BCUT2D eigenvalue weighted by Gasteiger charge is 2.56. The monoisotopic (exact) mass is 653 g/mol. The first-order valence-electron chi connectivity index (χ1n) is 15.1. The number of imide groups is 1. The van der Waals surface area contributed by atoms with Crippen LogP contribution in [-0.2, 0) is 21.9 Å². The molecule has 6 nitrogen and oxygen atoms in total. The largest absolute Gasteiger partial charge is 0.508 e. The first-order valence-corrected chi connectivity index (χ1v) is 15.1. The fourth-order valence-electron chi connectivity index (χ4n) is 6.64. The molecule has 1 aliphatic carbocycles. The maximum absolute atomic E-state index is 13.8. The predicted molar refractivity (Wildman–Crippen MR) is 159 cm³/mol. The number of nitrogens with zero attached hydrogens (tertiary/aromatic N) is 1. The summed E-state index contributed by atoms with van der Waals surface area (Å²) in [5, 5.41) is 31.7. The molecule has 1 heterocycles. The standard InChI is InChI=1S/C34H37F6NO5/c1-4-5-19(12-20-6-9-24(43)10-7-20)8-11-28(44)29-25(18(2)3)16-26-30(27(29)17-42)32(46)41(31(26)45)23-14-21(33(35,36)37)13-22(15-23)34(38,39)40/h6-7,9-10,12-15,18,26-28,30,42-44H,4-5,8,11,16-17H2,1-3H3/b19-12+/t26-,27+,28-,30-/m1/s1. The lowest BCUT2D eigenvalue weighted by Gasteiger charge is -2.38. The average Bonchev–Trinajstić information content (AvgIpc) is 3.23. The number of halogens is 6. The molecule has 0 saturated carbocycles. The van der Waals surface area contributed by atoms with Crippen LogP contribution in [-0.4, -0.2) is 39.8 Å². The highest BCUT2D eigenvalue weighted by Crippen LogP contribution is 2.50. The SMILES string of the molecule is CCC/C(=C\c1ccc(O)cc1)CC[C@@H](O)C1=C(C(C)C)C[C@H]2C(=O)N(c3cc(C(F)(F)F)cc(C(F)(F)F)c3)C(=O)[C@H]2[C@H]1CO. The topological polar surface area (TPSA) is 98.1 Å². The maximum atomic E-state index is 13.8. The van der Waals surface area contributed by atoms with Gasteiger partial charge in [0.2, 0.25) is 11.8 Å². The summed E-state index contributed by atoms with van der Waals surface area (Å²) in [6.45, 7) is 4.95. The van der Waals surface area contributed by atoms with Gasteiger partial charge < -0.3 is 15.3 Å². The van der Waals surface area contributed by atoms with Crippen LogP contribution in [0, 0.1) is 23.7 Å². The second-order valence-electron chi connectivity index (χ2n) is 12.2. The van der Waals surface area contributed by atoms with Crippen molar-refractivity contribution in [1.29, 1.82) is 0 Å². The molecule has 1 saturated heterocycles. The quantitative estimate of drug-likeness (QED) is 0.140. The normalized spacial score (nSPS) is 21.8. The number of phenolic OH excluding ortho intramolecular Hbond substituents is 1. The lowest BCUT2D eigenvalue weighted by Crippen LogP contribution is -2.40. The number of anilines is 1. The fourth-order valence-corrected chi connectivity index (χ4v) is 6.64. The summed E-state index contributed by atoms with van der Waals surface area (Å²) in [4.78, 5) is 27.7. The van der Waals surface area contributed by atoms with Gasteiger partial charge in [-0.05, 0) is 73.1 Å². The highest BCUT2D eigenvalue weighted by atomic mass is 19.4. The third kappa shape index (κ3) is 7.33. The molecule has 2 amide bonds. The van der Waals surface area contributed by atoms with Gasteiger partial charge in [0.05, 0.1) is 41.4 Å². The molecule has 0 unspecified atom stereocenters. The summed E-state index contributed by atoms with van der Waals surface area (Å²) in [5.41, 5.74) is -1.31. The summed E-state index contributed by atoms with van der Waals surface area (Å²) >= 11 is 0. The van der Waals surface area contributed by atoms with Crippen LogP contribution in [0.1, 0.15) is 69.6 Å². The number of hydrogen-bond acceptors (Lipinski definition) is 5. The average molecular weight is 654 g/mol. The number of amides is 2. The van der Waals surface area contributed by atoms with E-state index in [0.717, 1.165) is 24.0 Å². The number of phenols is 1. The third-order valence-electron chi connectivity index (χ3n) is 8.78. The molecular weight excluding hydrogens is 616 g/mol. The molecule has 1 fully saturated rings. The number of carbonyl (C=O) groups is 2. The molecule has 2 aromatic rings. The van der Waals surface area contributed by atoms with Crippen molar-refractivity contribution in [2.45, 2.75) is 71.3 Å². The third-order valence-corrected chi connectivity index (χ3v) is 8.78. The van der Waals surface area contributed by atoms with Gasteiger partial charge in [0.1, 0.15) is 5.75 Å². The van der Waals surface area contributed by atoms with Gasteiger partial charge >= 0.3 is 12.4 Å². The maximum Gasteiger partial charge on any atom is 0.416 e. The Hall–Kier alpha value is -3.64. The van der Waals surface area contributed by atoms with Crippen molar-refractivity contribution in [3.63, 3.8) is 0 Å². The lowest BCUT2D eigenvalue weighted by atomic mass is 9.66. The van der Waals surface area contributed by atoms with Crippen molar-refractivity contribution in [3.8, 4) is 5.75 Å². The molecule has 0 aromatic heterocycles. The summed E-state index contributed by atoms with van der Waals surface area (Å²) in [6, 6.07) is 7.23. The number of rotatable bonds is 10. The molecule has 2 aliphatic rings. The zero-order valence-corrected chi connectivity index (χ0v) is 25.6. The molecule has 0 radical (unpaired) electrons. The smallest absolute Gasteiger partial charge is 0.416 e. The first kappa shape index (κ1) is 35.2. The Balaban J connectivity index is 1.68. The van der Waals surface area contributed by atoms with Gasteiger partial charge in [-0.3, -0.25) is 9.59 Å². The van der Waals surface area contributed by atoms with E-state index in [9.17, 15) is 51.3 Å². The van der Waals surface area contributed by atoms with E-state index in [4.69, 9.17) is 0 Å². The first-order chi connectivity index (χ1) is 21.5. The van der Waals surface area contributed by atoms with E-state index in [1.54, 1.807) is 24.3 Å². The molecule has 0 spiro atoms. The minimum Gasteiger partial charge on any atom is -0.508 e. The second kappa shape index (κ2) is 13.6. The van der Waals surface area contributed by atoms with Crippen LogP contribution in [0.4, 0.5) is 32.0 Å². The van der Waals surface area contributed by atoms with Crippen molar-refractivity contribution in [2.24, 2.45) is 23.7 Å². The van der Waals surface area contributed by atoms with Crippen molar-refractivity contribution in [3.05, 3.63) is 75.9 Å². The number of allylic oxidation sites excluding steroid dienone is 2. The zero-order chi connectivity index (χ0) is 34.1. The number of carbonyl (C=O) groups excluding carboxylic acids is 2. The van der Waals surface area contributed by atoms with Gasteiger partial charge in [-0.25, -0.2) is 4.90 Å². The van der Waals surface area contributed by atoms with Gasteiger partial charge in [-0.2, -0.15) is 26.3 Å². The Morgan fingerprint density at radius 1 is 0.957 bits per heavy atom. The van der Waals surface area contributed by atoms with Gasteiger partial charge in [0.15, 0.2) is 0 Å². The summed E-state index contributed by atoms with van der Waals surface area (Å²) in [6.07, 6.45) is -7.40. The Kier molecular flexibility index (Phi) is 10.4.